The SMILES string of the molecule is Cc1ccc(Nc2ccc(C#N)cc2)c(F)c1. The van der Waals surface area contributed by atoms with Gasteiger partial charge in [0.1, 0.15) is 5.82 Å². The molecule has 0 radical (unpaired) electrons. The minimum atomic E-state index is -0.283. The van der Waals surface area contributed by atoms with Crippen molar-refractivity contribution in [3.63, 3.8) is 0 Å². The fourth-order valence-electron chi connectivity index (χ4n) is 1.51. The van der Waals surface area contributed by atoms with Gasteiger partial charge in [-0.25, -0.2) is 4.39 Å². The van der Waals surface area contributed by atoms with Crippen molar-refractivity contribution in [2.75, 3.05) is 5.32 Å². The molecule has 0 bridgehead atoms. The van der Waals surface area contributed by atoms with Gasteiger partial charge in [-0.3, -0.25) is 0 Å². The molecule has 0 saturated carbocycles. The molecule has 0 spiro atoms. The number of hydrogen-bond acceptors (Lipinski definition) is 2. The zero-order valence-corrected chi connectivity index (χ0v) is 9.37. The van der Waals surface area contributed by atoms with Crippen LogP contribution in [0.5, 0.6) is 0 Å². The van der Waals surface area contributed by atoms with Crippen molar-refractivity contribution in [2.45, 2.75) is 6.92 Å². The summed E-state index contributed by atoms with van der Waals surface area (Å²) in [5.41, 5.74) is 2.65. The molecule has 84 valence electrons. The lowest BCUT2D eigenvalue weighted by molar-refractivity contribution is 0.631. The van der Waals surface area contributed by atoms with Crippen LogP contribution in [0.4, 0.5) is 15.8 Å². The maximum atomic E-state index is 13.6. The molecule has 0 atom stereocenters. The third-order valence-electron chi connectivity index (χ3n) is 2.42. The standard InChI is InChI=1S/C14H11FN2/c1-10-2-7-14(13(15)8-10)17-12-5-3-11(9-16)4-6-12/h2-8,17H,1H3. The predicted octanol–water partition coefficient (Wildman–Crippen LogP) is 3.75. The first kappa shape index (κ1) is 11.2. The average Bonchev–Trinajstić information content (AvgIpc) is 2.34. The van der Waals surface area contributed by atoms with Gasteiger partial charge in [0.05, 0.1) is 17.3 Å². The summed E-state index contributed by atoms with van der Waals surface area (Å²) in [7, 11) is 0. The van der Waals surface area contributed by atoms with E-state index in [0.717, 1.165) is 11.3 Å². The monoisotopic (exact) mass is 226 g/mol. The van der Waals surface area contributed by atoms with Crippen molar-refractivity contribution >= 4 is 11.4 Å². The zero-order valence-electron chi connectivity index (χ0n) is 9.37. The molecule has 1 N–H and O–H groups in total. The predicted molar refractivity (Wildman–Crippen MR) is 65.6 cm³/mol. The minimum absolute atomic E-state index is 0.283. The number of halogens is 1. The Morgan fingerprint density at radius 2 is 1.82 bits per heavy atom. The Hall–Kier alpha value is -2.34. The smallest absolute Gasteiger partial charge is 0.146 e. The molecule has 3 heteroatoms. The fourth-order valence-corrected chi connectivity index (χ4v) is 1.51. The minimum Gasteiger partial charge on any atom is -0.353 e. The maximum Gasteiger partial charge on any atom is 0.146 e. The highest BCUT2D eigenvalue weighted by Gasteiger charge is 2.02. The Bertz CT molecular complexity index is 568. The Balaban J connectivity index is 2.23. The van der Waals surface area contributed by atoms with E-state index in [0.29, 0.717) is 11.3 Å². The summed E-state index contributed by atoms with van der Waals surface area (Å²) in [6.07, 6.45) is 0. The van der Waals surface area contributed by atoms with Gasteiger partial charge < -0.3 is 5.32 Å². The van der Waals surface area contributed by atoms with Crippen LogP contribution < -0.4 is 5.32 Å². The van der Waals surface area contributed by atoms with E-state index in [1.54, 1.807) is 30.3 Å². The highest BCUT2D eigenvalue weighted by atomic mass is 19.1. The first-order valence-corrected chi connectivity index (χ1v) is 5.22. The lowest BCUT2D eigenvalue weighted by atomic mass is 10.2. The van der Waals surface area contributed by atoms with Crippen molar-refractivity contribution in [3.05, 3.63) is 59.4 Å². The van der Waals surface area contributed by atoms with E-state index >= 15 is 0 Å². The van der Waals surface area contributed by atoms with Gasteiger partial charge in [-0.1, -0.05) is 6.07 Å². The summed E-state index contributed by atoms with van der Waals surface area (Å²) in [5, 5.41) is 11.6. The molecule has 0 aliphatic rings. The molecule has 0 aliphatic heterocycles. The van der Waals surface area contributed by atoms with Gasteiger partial charge >= 0.3 is 0 Å². The zero-order chi connectivity index (χ0) is 12.3. The average molecular weight is 226 g/mol. The summed E-state index contributed by atoms with van der Waals surface area (Å²) in [6, 6.07) is 13.9. The quantitative estimate of drug-likeness (QED) is 0.846. The van der Waals surface area contributed by atoms with Gasteiger partial charge in [0.25, 0.3) is 0 Å². The lowest BCUT2D eigenvalue weighted by Gasteiger charge is -2.08. The first-order chi connectivity index (χ1) is 8.19. The second-order valence-electron chi connectivity index (χ2n) is 3.80. The summed E-state index contributed by atoms with van der Waals surface area (Å²) in [4.78, 5) is 0. The molecule has 2 aromatic carbocycles. The number of benzene rings is 2. The number of aryl methyl sites for hydroxylation is 1. The Morgan fingerprint density at radius 1 is 1.12 bits per heavy atom. The number of rotatable bonds is 2. The van der Waals surface area contributed by atoms with Crippen molar-refractivity contribution in [1.82, 2.24) is 0 Å². The second kappa shape index (κ2) is 4.67. The lowest BCUT2D eigenvalue weighted by Crippen LogP contribution is -1.94. The molecule has 0 aromatic heterocycles. The number of anilines is 2. The van der Waals surface area contributed by atoms with E-state index in [1.165, 1.54) is 6.07 Å². The van der Waals surface area contributed by atoms with Crippen molar-refractivity contribution in [3.8, 4) is 6.07 Å². The number of nitrogens with one attached hydrogen (secondary N) is 1. The molecule has 0 heterocycles. The van der Waals surface area contributed by atoms with Crippen LogP contribution in [-0.2, 0) is 0 Å². The molecule has 0 unspecified atom stereocenters. The molecule has 2 rings (SSSR count). The molecular formula is C14H11FN2. The molecule has 0 amide bonds. The number of nitriles is 1. The Morgan fingerprint density at radius 3 is 2.41 bits per heavy atom. The number of nitrogens with zero attached hydrogens (tertiary/aromatic N) is 1. The third-order valence-corrected chi connectivity index (χ3v) is 2.42. The van der Waals surface area contributed by atoms with Crippen molar-refractivity contribution in [2.24, 2.45) is 0 Å². The van der Waals surface area contributed by atoms with Gasteiger partial charge in [-0.2, -0.15) is 5.26 Å². The highest BCUT2D eigenvalue weighted by molar-refractivity contribution is 5.61. The van der Waals surface area contributed by atoms with Gasteiger partial charge in [-0.05, 0) is 48.9 Å². The van der Waals surface area contributed by atoms with Gasteiger partial charge in [-0.15, -0.1) is 0 Å². The Labute approximate surface area is 99.3 Å². The third kappa shape index (κ3) is 2.61. The molecule has 2 nitrogen and oxygen atoms in total. The number of hydrogen-bond donors (Lipinski definition) is 1. The van der Waals surface area contributed by atoms with Crippen LogP contribution in [0, 0.1) is 24.1 Å². The largest absolute Gasteiger partial charge is 0.353 e. The molecule has 0 saturated heterocycles. The second-order valence-corrected chi connectivity index (χ2v) is 3.80. The van der Waals surface area contributed by atoms with Crippen LogP contribution in [-0.4, -0.2) is 0 Å². The van der Waals surface area contributed by atoms with E-state index in [-0.39, 0.29) is 5.82 Å². The van der Waals surface area contributed by atoms with E-state index in [9.17, 15) is 4.39 Å². The highest BCUT2D eigenvalue weighted by Crippen LogP contribution is 2.20. The first-order valence-electron chi connectivity index (χ1n) is 5.22. The van der Waals surface area contributed by atoms with Crippen LogP contribution in [0.2, 0.25) is 0 Å². The fraction of sp³-hybridized carbons (Fsp3) is 0.0714. The molecule has 0 fully saturated rings. The molecule has 17 heavy (non-hydrogen) atoms. The summed E-state index contributed by atoms with van der Waals surface area (Å²) in [6.45, 7) is 1.84. The van der Waals surface area contributed by atoms with Crippen molar-refractivity contribution < 1.29 is 4.39 Å². The van der Waals surface area contributed by atoms with Crippen LogP contribution in [0.25, 0.3) is 0 Å². The van der Waals surface area contributed by atoms with E-state index in [4.69, 9.17) is 5.26 Å². The maximum absolute atomic E-state index is 13.6. The summed E-state index contributed by atoms with van der Waals surface area (Å²) < 4.78 is 13.6. The summed E-state index contributed by atoms with van der Waals surface area (Å²) >= 11 is 0. The van der Waals surface area contributed by atoms with E-state index in [2.05, 4.69) is 5.32 Å². The molecular weight excluding hydrogens is 215 g/mol. The van der Waals surface area contributed by atoms with Crippen LogP contribution >= 0.6 is 0 Å². The molecule has 2 aromatic rings. The van der Waals surface area contributed by atoms with Crippen LogP contribution in [0.15, 0.2) is 42.5 Å². The van der Waals surface area contributed by atoms with Crippen molar-refractivity contribution in [1.29, 1.82) is 5.26 Å². The van der Waals surface area contributed by atoms with Gasteiger partial charge in [0.2, 0.25) is 0 Å². The topological polar surface area (TPSA) is 35.8 Å². The normalized spacial score (nSPS) is 9.71. The van der Waals surface area contributed by atoms with Gasteiger partial charge in [0, 0.05) is 5.69 Å². The van der Waals surface area contributed by atoms with Crippen LogP contribution in [0.3, 0.4) is 0 Å². The van der Waals surface area contributed by atoms with Crippen LogP contribution in [0.1, 0.15) is 11.1 Å². The van der Waals surface area contributed by atoms with E-state index < -0.39 is 0 Å². The Kier molecular flexibility index (Phi) is 3.06. The molecule has 0 aliphatic carbocycles. The van der Waals surface area contributed by atoms with E-state index in [1.807, 2.05) is 19.1 Å². The summed E-state index contributed by atoms with van der Waals surface area (Å²) in [5.74, 6) is -0.283. The van der Waals surface area contributed by atoms with Gasteiger partial charge in [0.15, 0.2) is 0 Å².